The van der Waals surface area contributed by atoms with Crippen LogP contribution in [0.25, 0.3) is 5.57 Å². The Morgan fingerprint density at radius 3 is 2.21 bits per heavy atom. The predicted octanol–water partition coefficient (Wildman–Crippen LogP) is 6.14. The van der Waals surface area contributed by atoms with Gasteiger partial charge in [0.25, 0.3) is 0 Å². The summed E-state index contributed by atoms with van der Waals surface area (Å²) in [6.45, 7) is 4.82. The van der Waals surface area contributed by atoms with Gasteiger partial charge in [0.2, 0.25) is 0 Å². The zero-order valence-corrected chi connectivity index (χ0v) is 18.9. The molecule has 2 aliphatic carbocycles. The second-order valence-electron chi connectivity index (χ2n) is 9.91. The Labute approximate surface area is 194 Å². The van der Waals surface area contributed by atoms with Gasteiger partial charge in [-0.3, -0.25) is 0 Å². The van der Waals surface area contributed by atoms with Crippen LogP contribution in [0.5, 0.6) is 0 Å². The van der Waals surface area contributed by atoms with Gasteiger partial charge in [-0.2, -0.15) is 0 Å². The van der Waals surface area contributed by atoms with E-state index in [9.17, 15) is 0 Å². The summed E-state index contributed by atoms with van der Waals surface area (Å²) in [4.78, 5) is 14.7. The molecular formula is C29H26N4. The van der Waals surface area contributed by atoms with Crippen LogP contribution >= 0.6 is 0 Å². The molecule has 0 saturated carbocycles. The van der Waals surface area contributed by atoms with Crippen molar-refractivity contribution in [1.82, 2.24) is 9.97 Å². The van der Waals surface area contributed by atoms with Crippen LogP contribution in [0, 0.1) is 10.8 Å². The number of fused-ring (bicyclic) bond motifs is 8. The molecular weight excluding hydrogens is 404 g/mol. The van der Waals surface area contributed by atoms with Crippen LogP contribution in [0.2, 0.25) is 0 Å². The van der Waals surface area contributed by atoms with Gasteiger partial charge in [0.15, 0.2) is 11.6 Å². The van der Waals surface area contributed by atoms with E-state index in [0.29, 0.717) is 0 Å². The molecule has 4 unspecified atom stereocenters. The average Bonchev–Trinajstić information content (AvgIpc) is 3.22. The third kappa shape index (κ3) is 2.31. The van der Waals surface area contributed by atoms with Gasteiger partial charge < -0.3 is 9.80 Å². The van der Waals surface area contributed by atoms with Crippen LogP contribution in [0.3, 0.4) is 0 Å². The number of rotatable bonds is 2. The van der Waals surface area contributed by atoms with Crippen molar-refractivity contribution in [1.29, 1.82) is 0 Å². The van der Waals surface area contributed by atoms with Gasteiger partial charge in [-0.1, -0.05) is 86.7 Å². The first kappa shape index (κ1) is 18.9. The number of allylic oxidation sites excluding steroid dienone is 3. The molecule has 4 atom stereocenters. The molecule has 0 spiro atoms. The topological polar surface area (TPSA) is 32.3 Å². The fourth-order valence-corrected chi connectivity index (χ4v) is 6.44. The molecule has 3 aromatic rings. The Balaban J connectivity index is 1.44. The number of piperidine rings is 1. The summed E-state index contributed by atoms with van der Waals surface area (Å²) in [5.74, 6) is 1.94. The highest BCUT2D eigenvalue weighted by Crippen LogP contribution is 2.67. The van der Waals surface area contributed by atoms with Crippen molar-refractivity contribution in [2.75, 3.05) is 9.80 Å². The maximum absolute atomic E-state index is 4.90. The molecule has 4 heteroatoms. The third-order valence-electron chi connectivity index (χ3n) is 8.41. The molecule has 4 aliphatic rings. The molecule has 3 heterocycles. The normalized spacial score (nSPS) is 31.0. The molecule has 33 heavy (non-hydrogen) atoms. The van der Waals surface area contributed by atoms with Crippen LogP contribution in [-0.2, 0) is 0 Å². The molecule has 0 bridgehead atoms. The lowest BCUT2D eigenvalue weighted by Gasteiger charge is -2.64. The van der Waals surface area contributed by atoms with E-state index in [1.807, 2.05) is 12.4 Å². The number of para-hydroxylation sites is 1. The minimum Gasteiger partial charge on any atom is -0.325 e. The minimum atomic E-state index is -0.0638. The summed E-state index contributed by atoms with van der Waals surface area (Å²) in [5, 5.41) is 0. The molecule has 0 amide bonds. The number of hydrogen-bond acceptors (Lipinski definition) is 4. The van der Waals surface area contributed by atoms with Crippen LogP contribution in [0.15, 0.2) is 103 Å². The average molecular weight is 431 g/mol. The Morgan fingerprint density at radius 1 is 0.818 bits per heavy atom. The molecule has 0 N–H and O–H groups in total. The maximum Gasteiger partial charge on any atom is 0.178 e. The highest BCUT2D eigenvalue weighted by Gasteiger charge is 2.66. The monoisotopic (exact) mass is 430 g/mol. The standard InChI is InChI=1S/C29H26N4/c1-28-15-16-29(28,2)27-32(22-11-7-4-8-12-22)25-26(31-18-17-30-25)33(27)24-19-21(13-14-23(24)28)20-9-5-3-6-10-20/h3-18,24,27H,19H2,1-2H3. The fraction of sp³-hybridized carbons (Fsp3) is 0.241. The van der Waals surface area contributed by atoms with Crippen LogP contribution in [-0.4, -0.2) is 22.2 Å². The number of hydrogen-bond donors (Lipinski definition) is 0. The van der Waals surface area contributed by atoms with Gasteiger partial charge in [-0.15, -0.1) is 0 Å². The summed E-state index contributed by atoms with van der Waals surface area (Å²) in [6.07, 6.45) is 14.3. The Kier molecular flexibility index (Phi) is 3.68. The van der Waals surface area contributed by atoms with Crippen molar-refractivity contribution in [2.24, 2.45) is 10.8 Å². The van der Waals surface area contributed by atoms with Gasteiger partial charge in [0.05, 0.1) is 6.04 Å². The van der Waals surface area contributed by atoms with Crippen LogP contribution in [0.1, 0.15) is 25.8 Å². The molecule has 1 fully saturated rings. The first-order chi connectivity index (χ1) is 16.1. The van der Waals surface area contributed by atoms with Crippen molar-refractivity contribution < 1.29 is 0 Å². The minimum absolute atomic E-state index is 0.00732. The number of benzene rings is 2. The highest BCUT2D eigenvalue weighted by molar-refractivity contribution is 5.83. The van der Waals surface area contributed by atoms with E-state index in [0.717, 1.165) is 23.7 Å². The van der Waals surface area contributed by atoms with Crippen LogP contribution < -0.4 is 9.80 Å². The van der Waals surface area contributed by atoms with Crippen molar-refractivity contribution in [2.45, 2.75) is 32.5 Å². The number of nitrogens with zero attached hydrogens (tertiary/aromatic N) is 4. The van der Waals surface area contributed by atoms with E-state index in [-0.39, 0.29) is 23.0 Å². The van der Waals surface area contributed by atoms with Crippen LogP contribution in [0.4, 0.5) is 17.3 Å². The SMILES string of the molecule is CC12C=CC1(C)C1N(c3ccccc3)c3nccnc3N1C1CC(c3ccccc3)=CC=C12. The predicted molar refractivity (Wildman–Crippen MR) is 133 cm³/mol. The zero-order valence-electron chi connectivity index (χ0n) is 18.9. The van der Waals surface area contributed by atoms with Crippen molar-refractivity contribution >= 4 is 22.9 Å². The van der Waals surface area contributed by atoms with E-state index in [4.69, 9.17) is 9.97 Å². The molecule has 1 aromatic heterocycles. The highest BCUT2D eigenvalue weighted by atomic mass is 15.5. The molecule has 4 nitrogen and oxygen atoms in total. The molecule has 0 radical (unpaired) electrons. The summed E-state index contributed by atoms with van der Waals surface area (Å²) >= 11 is 0. The first-order valence-corrected chi connectivity index (χ1v) is 11.7. The maximum atomic E-state index is 4.90. The second kappa shape index (κ2) is 6.44. The lowest BCUT2D eigenvalue weighted by molar-refractivity contribution is 0.102. The molecule has 7 rings (SSSR count). The van der Waals surface area contributed by atoms with Crippen molar-refractivity contribution in [3.05, 3.63) is 108 Å². The largest absolute Gasteiger partial charge is 0.325 e. The lowest BCUT2D eigenvalue weighted by Crippen LogP contribution is -2.69. The summed E-state index contributed by atoms with van der Waals surface area (Å²) < 4.78 is 0. The van der Waals surface area contributed by atoms with Crippen molar-refractivity contribution in [3.63, 3.8) is 0 Å². The molecule has 2 aromatic carbocycles. The molecule has 1 saturated heterocycles. The second-order valence-corrected chi connectivity index (χ2v) is 9.91. The van der Waals surface area contributed by atoms with Gasteiger partial charge in [-0.25, -0.2) is 9.97 Å². The summed E-state index contributed by atoms with van der Waals surface area (Å²) in [7, 11) is 0. The van der Waals surface area contributed by atoms with Gasteiger partial charge >= 0.3 is 0 Å². The Bertz CT molecular complexity index is 1340. The molecule has 2 aliphatic heterocycles. The Morgan fingerprint density at radius 2 is 1.52 bits per heavy atom. The Hall–Kier alpha value is -3.66. The quantitative estimate of drug-likeness (QED) is 0.457. The summed E-state index contributed by atoms with van der Waals surface area (Å²) in [6, 6.07) is 21.7. The number of anilines is 3. The lowest BCUT2D eigenvalue weighted by atomic mass is 9.48. The first-order valence-electron chi connectivity index (χ1n) is 11.7. The third-order valence-corrected chi connectivity index (χ3v) is 8.41. The number of aromatic nitrogens is 2. The van der Waals surface area contributed by atoms with Gasteiger partial charge in [0, 0.05) is 28.9 Å². The van der Waals surface area contributed by atoms with E-state index in [2.05, 4.69) is 109 Å². The van der Waals surface area contributed by atoms with E-state index < -0.39 is 0 Å². The summed E-state index contributed by atoms with van der Waals surface area (Å²) in [5.41, 5.74) is 5.25. The van der Waals surface area contributed by atoms with E-state index in [1.54, 1.807) is 0 Å². The zero-order chi connectivity index (χ0) is 22.2. The fourth-order valence-electron chi connectivity index (χ4n) is 6.44. The van der Waals surface area contributed by atoms with Gasteiger partial charge in [-0.05, 0) is 35.3 Å². The van der Waals surface area contributed by atoms with E-state index in [1.165, 1.54) is 16.7 Å². The van der Waals surface area contributed by atoms with E-state index >= 15 is 0 Å². The van der Waals surface area contributed by atoms with Crippen molar-refractivity contribution in [3.8, 4) is 0 Å². The molecule has 162 valence electrons. The van der Waals surface area contributed by atoms with Gasteiger partial charge in [0.1, 0.15) is 6.17 Å². The smallest absolute Gasteiger partial charge is 0.178 e.